The van der Waals surface area contributed by atoms with E-state index in [4.69, 9.17) is 27.2 Å². The molecule has 0 aromatic heterocycles. The van der Waals surface area contributed by atoms with E-state index >= 15 is 0 Å². The number of carboxylic acids is 1. The summed E-state index contributed by atoms with van der Waals surface area (Å²) >= 11 is 8.62. The molecule has 4 nitrogen and oxygen atoms in total. The summed E-state index contributed by atoms with van der Waals surface area (Å²) in [4.78, 5) is 10.4. The quantitative estimate of drug-likeness (QED) is 0.835. The Morgan fingerprint density at radius 3 is 2.88 bits per heavy atom. The number of hydrogen-bond acceptors (Lipinski definition) is 3. The van der Waals surface area contributed by atoms with Gasteiger partial charge in [0.05, 0.1) is 9.50 Å². The number of carboxylic acid groups (broad SMARTS) is 1. The molecule has 1 aromatic carbocycles. The van der Waals surface area contributed by atoms with Gasteiger partial charge in [0.2, 0.25) is 0 Å². The molecule has 0 radical (unpaired) electrons. The number of ether oxygens (including phenoxy) is 1. The molecule has 3 N–H and O–H groups in total. The largest absolute Gasteiger partial charge is 0.490 e. The Morgan fingerprint density at radius 2 is 2.31 bits per heavy atom. The van der Waals surface area contributed by atoms with Crippen LogP contribution in [0.2, 0.25) is 5.02 Å². The minimum Gasteiger partial charge on any atom is -0.490 e. The molecule has 88 valence electrons. The maximum atomic E-state index is 13.1. The highest BCUT2D eigenvalue weighted by Crippen LogP contribution is 2.30. The first-order chi connectivity index (χ1) is 7.41. The molecule has 16 heavy (non-hydrogen) atoms. The summed E-state index contributed by atoms with van der Waals surface area (Å²) in [6.07, 6.45) is 0. The van der Waals surface area contributed by atoms with E-state index in [0.29, 0.717) is 4.47 Å². The third kappa shape index (κ3) is 3.33. The van der Waals surface area contributed by atoms with Crippen molar-refractivity contribution in [2.75, 3.05) is 6.61 Å². The maximum absolute atomic E-state index is 13.1. The maximum Gasteiger partial charge on any atom is 0.324 e. The van der Waals surface area contributed by atoms with Crippen LogP contribution in [0.3, 0.4) is 0 Å². The van der Waals surface area contributed by atoms with Gasteiger partial charge in [-0.3, -0.25) is 4.79 Å². The van der Waals surface area contributed by atoms with Crippen molar-refractivity contribution < 1.29 is 19.0 Å². The number of benzene rings is 1. The molecular formula is C9H8BrClFNO3. The van der Waals surface area contributed by atoms with Gasteiger partial charge >= 0.3 is 5.97 Å². The van der Waals surface area contributed by atoms with E-state index in [-0.39, 0.29) is 17.4 Å². The van der Waals surface area contributed by atoms with Gasteiger partial charge in [0, 0.05) is 6.07 Å². The van der Waals surface area contributed by atoms with Crippen LogP contribution < -0.4 is 10.5 Å². The summed E-state index contributed by atoms with van der Waals surface area (Å²) in [5, 5.41) is 8.46. The first-order valence-corrected chi connectivity index (χ1v) is 5.34. The van der Waals surface area contributed by atoms with Crippen LogP contribution in [0.4, 0.5) is 4.39 Å². The van der Waals surface area contributed by atoms with Crippen molar-refractivity contribution in [1.29, 1.82) is 0 Å². The molecule has 1 unspecified atom stereocenters. The minimum atomic E-state index is -1.19. The zero-order valence-electron chi connectivity index (χ0n) is 7.91. The van der Waals surface area contributed by atoms with E-state index in [1.165, 1.54) is 6.07 Å². The summed E-state index contributed by atoms with van der Waals surface area (Å²) in [6, 6.07) is 1.21. The fraction of sp³-hybridized carbons (Fsp3) is 0.222. The molecule has 0 saturated heterocycles. The van der Waals surface area contributed by atoms with Crippen LogP contribution in [0.5, 0.6) is 5.75 Å². The van der Waals surface area contributed by atoms with E-state index in [2.05, 4.69) is 15.9 Å². The van der Waals surface area contributed by atoms with E-state index < -0.39 is 17.8 Å². The summed E-state index contributed by atoms with van der Waals surface area (Å²) in [6.45, 7) is -0.255. The minimum absolute atomic E-state index is 0.0539. The van der Waals surface area contributed by atoms with Crippen molar-refractivity contribution in [3.05, 3.63) is 27.4 Å². The second-order valence-corrected chi connectivity index (χ2v) is 4.21. The van der Waals surface area contributed by atoms with E-state index in [9.17, 15) is 9.18 Å². The molecule has 0 fully saturated rings. The average molecular weight is 313 g/mol. The third-order valence-corrected chi connectivity index (χ3v) is 2.62. The van der Waals surface area contributed by atoms with Crippen LogP contribution in [0, 0.1) is 5.82 Å². The highest BCUT2D eigenvalue weighted by atomic mass is 79.9. The monoisotopic (exact) mass is 311 g/mol. The molecule has 1 aromatic rings. The van der Waals surface area contributed by atoms with Crippen LogP contribution >= 0.6 is 27.5 Å². The van der Waals surface area contributed by atoms with Gasteiger partial charge in [-0.2, -0.15) is 0 Å². The number of rotatable bonds is 4. The van der Waals surface area contributed by atoms with Crippen LogP contribution in [0.25, 0.3) is 0 Å². The van der Waals surface area contributed by atoms with Gasteiger partial charge in [0.15, 0.2) is 0 Å². The lowest BCUT2D eigenvalue weighted by atomic mass is 10.3. The SMILES string of the molecule is NC(COc1cc(F)c(Cl)cc1Br)C(=O)O. The topological polar surface area (TPSA) is 72.5 Å². The molecule has 0 amide bonds. The molecule has 7 heteroatoms. The molecule has 0 spiro atoms. The Hall–Kier alpha value is -0.850. The molecule has 0 bridgehead atoms. The normalized spacial score (nSPS) is 12.2. The number of halogens is 3. The highest BCUT2D eigenvalue weighted by molar-refractivity contribution is 9.10. The molecule has 0 aliphatic heterocycles. The fourth-order valence-corrected chi connectivity index (χ4v) is 1.62. The number of aliphatic carboxylic acids is 1. The average Bonchev–Trinajstić information content (AvgIpc) is 2.20. The molecule has 0 heterocycles. The van der Waals surface area contributed by atoms with Gasteiger partial charge in [0.25, 0.3) is 0 Å². The Kier molecular flexibility index (Phi) is 4.52. The van der Waals surface area contributed by atoms with Gasteiger partial charge in [-0.25, -0.2) is 4.39 Å². The lowest BCUT2D eigenvalue weighted by Crippen LogP contribution is -2.36. The van der Waals surface area contributed by atoms with Crippen molar-refractivity contribution in [1.82, 2.24) is 0 Å². The van der Waals surface area contributed by atoms with Crippen molar-refractivity contribution in [2.24, 2.45) is 5.73 Å². The first kappa shape index (κ1) is 13.2. The third-order valence-electron chi connectivity index (χ3n) is 1.71. The molecule has 0 saturated carbocycles. The van der Waals surface area contributed by atoms with Gasteiger partial charge in [0.1, 0.15) is 24.2 Å². The molecule has 1 rings (SSSR count). The number of hydrogen-bond donors (Lipinski definition) is 2. The lowest BCUT2D eigenvalue weighted by molar-refractivity contribution is -0.139. The van der Waals surface area contributed by atoms with Crippen LogP contribution in [-0.4, -0.2) is 23.7 Å². The molecule has 0 aliphatic rings. The second-order valence-electron chi connectivity index (χ2n) is 2.95. The Balaban J connectivity index is 2.74. The predicted octanol–water partition coefficient (Wildman–Crippen LogP) is 2.03. The van der Waals surface area contributed by atoms with Gasteiger partial charge in [-0.1, -0.05) is 11.6 Å². The number of nitrogens with two attached hydrogens (primary N) is 1. The predicted molar refractivity (Wildman–Crippen MR) is 60.2 cm³/mol. The van der Waals surface area contributed by atoms with Gasteiger partial charge in [-0.05, 0) is 22.0 Å². The zero-order valence-corrected chi connectivity index (χ0v) is 10.3. The summed E-state index contributed by atoms with van der Waals surface area (Å²) in [7, 11) is 0. The fourth-order valence-electron chi connectivity index (χ4n) is 0.866. The van der Waals surface area contributed by atoms with E-state index in [1.807, 2.05) is 0 Å². The standard InChI is InChI=1S/C9H8BrClFNO3/c10-4-1-5(11)6(12)2-8(4)16-3-7(13)9(14)15/h1-2,7H,3,13H2,(H,14,15). The lowest BCUT2D eigenvalue weighted by Gasteiger charge is -2.11. The van der Waals surface area contributed by atoms with Gasteiger partial charge in [-0.15, -0.1) is 0 Å². The van der Waals surface area contributed by atoms with Crippen LogP contribution in [0.15, 0.2) is 16.6 Å². The summed E-state index contributed by atoms with van der Waals surface area (Å²) in [5.41, 5.74) is 5.22. The molecular weight excluding hydrogens is 304 g/mol. The van der Waals surface area contributed by atoms with E-state index in [0.717, 1.165) is 6.07 Å². The van der Waals surface area contributed by atoms with Crippen molar-refractivity contribution in [3.8, 4) is 5.75 Å². The highest BCUT2D eigenvalue weighted by Gasteiger charge is 2.14. The van der Waals surface area contributed by atoms with Crippen LogP contribution in [-0.2, 0) is 4.79 Å². The Labute approximate surface area is 104 Å². The summed E-state index contributed by atoms with van der Waals surface area (Å²) in [5.74, 6) is -1.69. The second kappa shape index (κ2) is 5.47. The van der Waals surface area contributed by atoms with Crippen molar-refractivity contribution in [3.63, 3.8) is 0 Å². The molecule has 0 aliphatic carbocycles. The van der Waals surface area contributed by atoms with Crippen LogP contribution in [0.1, 0.15) is 0 Å². The van der Waals surface area contributed by atoms with Crippen molar-refractivity contribution >= 4 is 33.5 Å². The Bertz CT molecular complexity index is 416. The first-order valence-electron chi connectivity index (χ1n) is 4.17. The van der Waals surface area contributed by atoms with Gasteiger partial charge < -0.3 is 15.6 Å². The smallest absolute Gasteiger partial charge is 0.324 e. The van der Waals surface area contributed by atoms with Crippen molar-refractivity contribution in [2.45, 2.75) is 6.04 Å². The van der Waals surface area contributed by atoms with E-state index in [1.54, 1.807) is 0 Å². The number of carbonyl (C=O) groups is 1. The summed E-state index contributed by atoms with van der Waals surface area (Å²) < 4.78 is 18.5. The Morgan fingerprint density at radius 1 is 1.69 bits per heavy atom. The zero-order chi connectivity index (χ0) is 12.3. The molecule has 1 atom stereocenters.